The van der Waals surface area contributed by atoms with Crippen LogP contribution < -0.4 is 14.5 Å². The summed E-state index contributed by atoms with van der Waals surface area (Å²) in [6, 6.07) is 5.69. The summed E-state index contributed by atoms with van der Waals surface area (Å²) in [5.74, 6) is 0.340. The first-order chi connectivity index (χ1) is 20.9. The maximum atomic E-state index is 15.0. The molecule has 43 heavy (non-hydrogen) atoms. The van der Waals surface area contributed by atoms with E-state index in [1.165, 1.54) is 25.0 Å². The summed E-state index contributed by atoms with van der Waals surface area (Å²) in [6.45, 7) is 16.7. The van der Waals surface area contributed by atoms with Gasteiger partial charge < -0.3 is 24.3 Å². The van der Waals surface area contributed by atoms with Gasteiger partial charge in [-0.3, -0.25) is 14.7 Å². The molecule has 0 N–H and O–H groups in total. The lowest BCUT2D eigenvalue weighted by atomic mass is 10.0. The van der Waals surface area contributed by atoms with Crippen LogP contribution in [0.25, 0.3) is 15.6 Å². The van der Waals surface area contributed by atoms with Gasteiger partial charge in [0.05, 0.1) is 24.1 Å². The molecule has 1 saturated heterocycles. The second-order valence-corrected chi connectivity index (χ2v) is 11.7. The number of amides is 1. The Hall–Kier alpha value is -4.30. The Kier molecular flexibility index (Phi) is 8.13. The van der Waals surface area contributed by atoms with Crippen LogP contribution in [-0.4, -0.2) is 95.2 Å². The van der Waals surface area contributed by atoms with Gasteiger partial charge in [0, 0.05) is 61.3 Å². The quantitative estimate of drug-likeness (QED) is 0.278. The molecular formula is C32H37FN8O2. The van der Waals surface area contributed by atoms with Gasteiger partial charge in [0.25, 0.3) is 0 Å². The van der Waals surface area contributed by atoms with Crippen molar-refractivity contribution in [3.63, 3.8) is 0 Å². The maximum Gasteiger partial charge on any atom is 0.318 e. The number of likely N-dealkylation sites (N-methyl/N-ethyl adjacent to an activating group) is 1. The minimum atomic E-state index is -0.278. The van der Waals surface area contributed by atoms with Gasteiger partial charge in [-0.25, -0.2) is 11.0 Å². The number of anilines is 2. The SMILES string of the molecule is [C-]#[N+]C[C@H]1CN(c2nc(O[C@H](C)CN(C)C3CC3)nc3c2CCN(c2cncc4cccc(F)c24)C3)CCN1C(=O)C=C. The van der Waals surface area contributed by atoms with Crippen LogP contribution in [0.3, 0.4) is 0 Å². The first-order valence-corrected chi connectivity index (χ1v) is 14.9. The van der Waals surface area contributed by atoms with Crippen molar-refractivity contribution in [3.8, 4) is 6.01 Å². The first kappa shape index (κ1) is 28.8. The summed E-state index contributed by atoms with van der Waals surface area (Å²) < 4.78 is 21.4. The predicted molar refractivity (Wildman–Crippen MR) is 164 cm³/mol. The van der Waals surface area contributed by atoms with E-state index in [0.717, 1.165) is 34.7 Å². The molecule has 1 amide bonds. The third-order valence-corrected chi connectivity index (χ3v) is 8.64. The predicted octanol–water partition coefficient (Wildman–Crippen LogP) is 3.71. The molecule has 3 aliphatic rings. The van der Waals surface area contributed by atoms with Crippen molar-refractivity contribution >= 4 is 28.2 Å². The fourth-order valence-corrected chi connectivity index (χ4v) is 6.32. The lowest BCUT2D eigenvalue weighted by molar-refractivity contribution is -0.128. The molecule has 0 radical (unpaired) electrons. The molecule has 0 unspecified atom stereocenters. The number of rotatable bonds is 9. The van der Waals surface area contributed by atoms with Gasteiger partial charge in [0.1, 0.15) is 23.8 Å². The smallest absolute Gasteiger partial charge is 0.318 e. The highest BCUT2D eigenvalue weighted by molar-refractivity contribution is 5.94. The molecule has 0 bridgehead atoms. The molecule has 1 aromatic carbocycles. The summed E-state index contributed by atoms with van der Waals surface area (Å²) in [5, 5.41) is 1.30. The summed E-state index contributed by atoms with van der Waals surface area (Å²) >= 11 is 0. The number of nitrogens with zero attached hydrogens (tertiary/aromatic N) is 8. The standard InChI is InChI=1S/C32H37FN8O2/c1-5-29(42)41-14-13-40(19-24(41)16-34-3)31-25-11-12-39(28-17-35-15-22-7-6-8-26(33)30(22)28)20-27(25)36-32(37-31)43-21(2)18-38(4)23-9-10-23/h5-8,15,17,21,23-24H,1,9-14,16,18-20H2,2,4H3/t21-,24+/m1/s1. The highest BCUT2D eigenvalue weighted by Crippen LogP contribution is 2.35. The van der Waals surface area contributed by atoms with E-state index in [-0.39, 0.29) is 30.4 Å². The van der Waals surface area contributed by atoms with E-state index in [2.05, 4.69) is 38.2 Å². The van der Waals surface area contributed by atoms with E-state index < -0.39 is 0 Å². The summed E-state index contributed by atoms with van der Waals surface area (Å²) in [6.07, 6.45) is 7.67. The third-order valence-electron chi connectivity index (χ3n) is 8.64. The lowest BCUT2D eigenvalue weighted by Gasteiger charge is -2.41. The number of hydrogen-bond donors (Lipinski definition) is 0. The van der Waals surface area contributed by atoms with Crippen molar-refractivity contribution in [2.75, 3.05) is 56.1 Å². The molecule has 4 heterocycles. The van der Waals surface area contributed by atoms with Gasteiger partial charge in [-0.15, -0.1) is 0 Å². The van der Waals surface area contributed by atoms with E-state index in [1.54, 1.807) is 23.4 Å². The number of hydrogen-bond acceptors (Lipinski definition) is 8. The first-order valence-electron chi connectivity index (χ1n) is 14.9. The van der Waals surface area contributed by atoms with Crippen LogP contribution in [-0.2, 0) is 17.8 Å². The normalized spacial score (nSPS) is 19.2. The molecule has 2 aliphatic heterocycles. The molecule has 2 fully saturated rings. The van der Waals surface area contributed by atoms with Crippen molar-refractivity contribution in [1.29, 1.82) is 0 Å². The monoisotopic (exact) mass is 584 g/mol. The molecule has 11 heteroatoms. The Balaban J connectivity index is 1.33. The zero-order chi connectivity index (χ0) is 30.1. The Morgan fingerprint density at radius 1 is 1.26 bits per heavy atom. The zero-order valence-electron chi connectivity index (χ0n) is 24.7. The highest BCUT2D eigenvalue weighted by Gasteiger charge is 2.35. The summed E-state index contributed by atoms with van der Waals surface area (Å²) in [4.78, 5) is 38.7. The van der Waals surface area contributed by atoms with Crippen LogP contribution in [0, 0.1) is 12.4 Å². The second kappa shape index (κ2) is 12.1. The van der Waals surface area contributed by atoms with Crippen LogP contribution in [0.1, 0.15) is 31.0 Å². The number of benzene rings is 1. The molecule has 2 atom stereocenters. The Morgan fingerprint density at radius 2 is 2.09 bits per heavy atom. The fourth-order valence-electron chi connectivity index (χ4n) is 6.32. The fraction of sp³-hybridized carbons (Fsp3) is 0.469. The largest absolute Gasteiger partial charge is 0.459 e. The molecule has 10 nitrogen and oxygen atoms in total. The molecular weight excluding hydrogens is 547 g/mol. The molecule has 1 saturated carbocycles. The van der Waals surface area contributed by atoms with Gasteiger partial charge in [0.15, 0.2) is 0 Å². The van der Waals surface area contributed by atoms with Crippen LogP contribution >= 0.6 is 0 Å². The molecule has 6 rings (SSSR count). The van der Waals surface area contributed by atoms with Crippen LogP contribution in [0.5, 0.6) is 6.01 Å². The van der Waals surface area contributed by atoms with Crippen molar-refractivity contribution < 1.29 is 13.9 Å². The van der Waals surface area contributed by atoms with E-state index in [4.69, 9.17) is 21.3 Å². The number of aromatic nitrogens is 3. The van der Waals surface area contributed by atoms with Crippen molar-refractivity contribution in [2.24, 2.45) is 0 Å². The molecule has 3 aromatic rings. The minimum absolute atomic E-state index is 0.121. The van der Waals surface area contributed by atoms with Crippen LogP contribution in [0.4, 0.5) is 15.9 Å². The van der Waals surface area contributed by atoms with Gasteiger partial charge in [-0.05, 0) is 45.4 Å². The number of piperazine rings is 1. The Morgan fingerprint density at radius 3 is 2.86 bits per heavy atom. The topological polar surface area (TPSA) is 82.3 Å². The van der Waals surface area contributed by atoms with E-state index in [0.29, 0.717) is 56.6 Å². The Bertz CT molecular complexity index is 1570. The van der Waals surface area contributed by atoms with E-state index >= 15 is 4.39 Å². The Labute approximate surface area is 251 Å². The van der Waals surface area contributed by atoms with E-state index in [1.807, 2.05) is 13.0 Å². The van der Waals surface area contributed by atoms with Crippen LogP contribution in [0.15, 0.2) is 43.2 Å². The number of pyridine rings is 1. The summed E-state index contributed by atoms with van der Waals surface area (Å²) in [5.41, 5.74) is 2.58. The highest BCUT2D eigenvalue weighted by atomic mass is 19.1. The average molecular weight is 585 g/mol. The molecule has 2 aromatic heterocycles. The number of halogens is 1. The molecule has 0 spiro atoms. The minimum Gasteiger partial charge on any atom is -0.459 e. The van der Waals surface area contributed by atoms with Crippen molar-refractivity contribution in [3.05, 3.63) is 71.7 Å². The van der Waals surface area contributed by atoms with E-state index in [9.17, 15) is 4.79 Å². The third kappa shape index (κ3) is 5.97. The van der Waals surface area contributed by atoms with Crippen LogP contribution in [0.2, 0.25) is 0 Å². The van der Waals surface area contributed by atoms with Gasteiger partial charge >= 0.3 is 6.01 Å². The second-order valence-electron chi connectivity index (χ2n) is 11.7. The average Bonchev–Trinajstić information content (AvgIpc) is 3.86. The lowest BCUT2D eigenvalue weighted by Crippen LogP contribution is -2.56. The zero-order valence-corrected chi connectivity index (χ0v) is 24.7. The summed E-state index contributed by atoms with van der Waals surface area (Å²) in [7, 11) is 2.12. The number of ether oxygens (including phenoxy) is 1. The molecule has 224 valence electrons. The maximum absolute atomic E-state index is 15.0. The van der Waals surface area contributed by atoms with Gasteiger partial charge in [-0.1, -0.05) is 18.7 Å². The number of carbonyl (C=O) groups excluding carboxylic acids is 1. The van der Waals surface area contributed by atoms with Crippen molar-refractivity contribution in [2.45, 2.75) is 50.9 Å². The van der Waals surface area contributed by atoms with Gasteiger partial charge in [0.2, 0.25) is 12.5 Å². The molecule has 1 aliphatic carbocycles. The number of carbonyl (C=O) groups is 1. The number of fused-ring (bicyclic) bond motifs is 2. The van der Waals surface area contributed by atoms with Gasteiger partial charge in [-0.2, -0.15) is 9.97 Å². The van der Waals surface area contributed by atoms with Crippen molar-refractivity contribution in [1.82, 2.24) is 24.8 Å².